The fraction of sp³-hybridized carbons (Fsp3) is 0. The first-order chi connectivity index (χ1) is 8.06. The highest BCUT2D eigenvalue weighted by Crippen LogP contribution is 2.23. The maximum absolute atomic E-state index is 11.7. The topological polar surface area (TPSA) is 92.2 Å². The van der Waals surface area contributed by atoms with Gasteiger partial charge in [0.2, 0.25) is 0 Å². The number of carbonyl (C=O) groups is 2. The third-order valence-corrected chi connectivity index (χ3v) is 3.85. The van der Waals surface area contributed by atoms with Crippen molar-refractivity contribution in [1.82, 2.24) is 9.97 Å². The third-order valence-electron chi connectivity index (χ3n) is 1.62. The molecule has 2 rings (SSSR count). The summed E-state index contributed by atoms with van der Waals surface area (Å²) in [5, 5.41) is 13.0. The Hall–Kier alpha value is -1.32. The first-order valence-electron chi connectivity index (χ1n) is 4.18. The van der Waals surface area contributed by atoms with Crippen LogP contribution in [-0.4, -0.2) is 27.0 Å². The fourth-order valence-corrected chi connectivity index (χ4v) is 2.73. The lowest BCUT2D eigenvalue weighted by Crippen LogP contribution is -2.11. The molecule has 17 heavy (non-hydrogen) atoms. The molecular weight excluding hydrogens is 330 g/mol. The van der Waals surface area contributed by atoms with E-state index in [0.29, 0.717) is 5.13 Å². The van der Waals surface area contributed by atoms with Gasteiger partial charge < -0.3 is 5.11 Å². The van der Waals surface area contributed by atoms with Gasteiger partial charge in [0.1, 0.15) is 0 Å². The Morgan fingerprint density at radius 3 is 2.76 bits per heavy atom. The summed E-state index contributed by atoms with van der Waals surface area (Å²) in [6.07, 6.45) is 1.56. The molecule has 0 aliphatic rings. The minimum absolute atomic E-state index is 0.0914. The second-order valence-electron chi connectivity index (χ2n) is 2.77. The summed E-state index contributed by atoms with van der Waals surface area (Å²) in [4.78, 5) is 29.9. The Kier molecular flexibility index (Phi) is 3.50. The molecule has 9 heteroatoms. The Balaban J connectivity index is 2.11. The average molecular weight is 334 g/mol. The minimum atomic E-state index is -1.16. The van der Waals surface area contributed by atoms with Crippen LogP contribution in [0.25, 0.3) is 0 Å². The molecule has 0 unspecified atom stereocenters. The van der Waals surface area contributed by atoms with Crippen LogP contribution in [0, 0.1) is 0 Å². The van der Waals surface area contributed by atoms with Crippen LogP contribution in [0.15, 0.2) is 15.4 Å². The number of halogens is 1. The van der Waals surface area contributed by atoms with Crippen molar-refractivity contribution in [3.8, 4) is 0 Å². The highest BCUT2D eigenvalue weighted by molar-refractivity contribution is 9.11. The zero-order valence-electron chi connectivity index (χ0n) is 8.01. The number of aromatic nitrogens is 2. The van der Waals surface area contributed by atoms with Crippen LogP contribution < -0.4 is 5.32 Å². The molecule has 2 aromatic heterocycles. The van der Waals surface area contributed by atoms with Gasteiger partial charge in [0.25, 0.3) is 5.91 Å². The number of nitrogens with zero attached hydrogens (tertiary/aromatic N) is 2. The van der Waals surface area contributed by atoms with Crippen LogP contribution in [0.2, 0.25) is 0 Å². The van der Waals surface area contributed by atoms with Crippen LogP contribution in [0.3, 0.4) is 0 Å². The summed E-state index contributed by atoms with van der Waals surface area (Å²) in [7, 11) is 0. The summed E-state index contributed by atoms with van der Waals surface area (Å²) < 4.78 is 0.790. The van der Waals surface area contributed by atoms with E-state index in [9.17, 15) is 9.59 Å². The Morgan fingerprint density at radius 1 is 1.47 bits per heavy atom. The number of carboxylic acid groups (broad SMARTS) is 1. The predicted molar refractivity (Wildman–Crippen MR) is 66.8 cm³/mol. The van der Waals surface area contributed by atoms with Crippen molar-refractivity contribution < 1.29 is 14.7 Å². The first kappa shape index (κ1) is 12.1. The van der Waals surface area contributed by atoms with E-state index in [0.717, 1.165) is 15.1 Å². The lowest BCUT2D eigenvalue weighted by Gasteiger charge is -1.96. The number of carbonyl (C=O) groups excluding carboxylic acids is 1. The molecule has 1 amide bonds. The SMILES string of the molecule is O=C(O)c1csc(C(=O)Nc2ncc(Br)s2)n1. The van der Waals surface area contributed by atoms with Crippen LogP contribution in [0.1, 0.15) is 20.3 Å². The molecule has 88 valence electrons. The van der Waals surface area contributed by atoms with Crippen molar-refractivity contribution in [3.63, 3.8) is 0 Å². The molecule has 0 fully saturated rings. The van der Waals surface area contributed by atoms with E-state index in [1.54, 1.807) is 6.20 Å². The molecule has 0 aromatic carbocycles. The van der Waals surface area contributed by atoms with Gasteiger partial charge in [-0.25, -0.2) is 14.8 Å². The Bertz CT molecular complexity index is 580. The molecule has 0 saturated carbocycles. The van der Waals surface area contributed by atoms with E-state index < -0.39 is 11.9 Å². The summed E-state index contributed by atoms with van der Waals surface area (Å²) in [6, 6.07) is 0. The molecule has 2 aromatic rings. The average Bonchev–Trinajstić information content (AvgIpc) is 2.86. The zero-order valence-corrected chi connectivity index (χ0v) is 11.2. The maximum Gasteiger partial charge on any atom is 0.355 e. The third kappa shape index (κ3) is 2.87. The summed E-state index contributed by atoms with van der Waals surface area (Å²) in [5.74, 6) is -1.62. The summed E-state index contributed by atoms with van der Waals surface area (Å²) >= 11 is 5.45. The van der Waals surface area contributed by atoms with Gasteiger partial charge in [0.05, 0.1) is 9.98 Å². The molecule has 2 heterocycles. The molecule has 2 N–H and O–H groups in total. The van der Waals surface area contributed by atoms with E-state index in [-0.39, 0.29) is 10.7 Å². The predicted octanol–water partition coefficient (Wildman–Crippen LogP) is 2.31. The number of aromatic carboxylic acids is 1. The van der Waals surface area contributed by atoms with Gasteiger partial charge in [-0.05, 0) is 15.9 Å². The number of amides is 1. The van der Waals surface area contributed by atoms with E-state index in [1.807, 2.05) is 0 Å². The van der Waals surface area contributed by atoms with E-state index in [2.05, 4.69) is 31.2 Å². The zero-order chi connectivity index (χ0) is 12.4. The lowest BCUT2D eigenvalue weighted by molar-refractivity contribution is 0.0691. The van der Waals surface area contributed by atoms with Crippen LogP contribution >= 0.6 is 38.6 Å². The fourth-order valence-electron chi connectivity index (χ4n) is 0.939. The number of anilines is 1. The monoisotopic (exact) mass is 333 g/mol. The van der Waals surface area contributed by atoms with Gasteiger partial charge in [0, 0.05) is 5.38 Å². The largest absolute Gasteiger partial charge is 0.476 e. The van der Waals surface area contributed by atoms with Gasteiger partial charge >= 0.3 is 5.97 Å². The molecule has 0 spiro atoms. The van der Waals surface area contributed by atoms with Crippen LogP contribution in [0.5, 0.6) is 0 Å². The van der Waals surface area contributed by atoms with Gasteiger partial charge in [-0.2, -0.15) is 0 Å². The van der Waals surface area contributed by atoms with Crippen LogP contribution in [0.4, 0.5) is 5.13 Å². The smallest absolute Gasteiger partial charge is 0.355 e. The molecule has 0 radical (unpaired) electrons. The number of nitrogens with one attached hydrogen (secondary N) is 1. The van der Waals surface area contributed by atoms with Gasteiger partial charge in [-0.3, -0.25) is 10.1 Å². The van der Waals surface area contributed by atoms with E-state index >= 15 is 0 Å². The first-order valence-corrected chi connectivity index (χ1v) is 6.66. The number of rotatable bonds is 3. The lowest BCUT2D eigenvalue weighted by atomic mass is 10.5. The highest BCUT2D eigenvalue weighted by atomic mass is 79.9. The van der Waals surface area contributed by atoms with Crippen molar-refractivity contribution in [2.45, 2.75) is 0 Å². The Morgan fingerprint density at radius 2 is 2.24 bits per heavy atom. The van der Waals surface area contributed by atoms with Gasteiger partial charge in [-0.15, -0.1) is 11.3 Å². The van der Waals surface area contributed by atoms with E-state index in [1.165, 1.54) is 16.7 Å². The molecule has 0 bridgehead atoms. The molecule has 0 saturated heterocycles. The van der Waals surface area contributed by atoms with Crippen molar-refractivity contribution in [2.24, 2.45) is 0 Å². The second-order valence-corrected chi connectivity index (χ2v) is 6.03. The molecular formula is C8H4BrN3O3S2. The standard InChI is InChI=1S/C8H4BrN3O3S2/c9-4-1-10-8(17-4)12-5(13)6-11-3(2-16-6)7(14)15/h1-2H,(H,14,15)(H,10,12,13). The normalized spacial score (nSPS) is 10.2. The number of thiazole rings is 2. The summed E-state index contributed by atoms with van der Waals surface area (Å²) in [5.41, 5.74) is -0.138. The Labute approximate surface area is 111 Å². The van der Waals surface area contributed by atoms with Gasteiger partial charge in [0.15, 0.2) is 15.8 Å². The molecule has 0 aliphatic carbocycles. The number of carboxylic acids is 1. The van der Waals surface area contributed by atoms with Gasteiger partial charge in [-0.1, -0.05) is 11.3 Å². The highest BCUT2D eigenvalue weighted by Gasteiger charge is 2.15. The molecule has 0 atom stereocenters. The maximum atomic E-state index is 11.7. The van der Waals surface area contributed by atoms with Crippen LogP contribution in [-0.2, 0) is 0 Å². The van der Waals surface area contributed by atoms with Crippen molar-refractivity contribution in [1.29, 1.82) is 0 Å². The van der Waals surface area contributed by atoms with E-state index in [4.69, 9.17) is 5.11 Å². The number of hydrogen-bond acceptors (Lipinski definition) is 6. The van der Waals surface area contributed by atoms with Crippen molar-refractivity contribution in [2.75, 3.05) is 5.32 Å². The minimum Gasteiger partial charge on any atom is -0.476 e. The number of hydrogen-bond donors (Lipinski definition) is 2. The second kappa shape index (κ2) is 4.90. The quantitative estimate of drug-likeness (QED) is 0.899. The molecule has 6 nitrogen and oxygen atoms in total. The van der Waals surface area contributed by atoms with Crippen molar-refractivity contribution in [3.05, 3.63) is 26.1 Å². The molecule has 0 aliphatic heterocycles. The van der Waals surface area contributed by atoms with Crippen molar-refractivity contribution >= 4 is 55.6 Å². The summed E-state index contributed by atoms with van der Waals surface area (Å²) in [6.45, 7) is 0.